The summed E-state index contributed by atoms with van der Waals surface area (Å²) in [7, 11) is 1.39. The van der Waals surface area contributed by atoms with Gasteiger partial charge in [0.25, 0.3) is 0 Å². The third-order valence-corrected chi connectivity index (χ3v) is 3.32. The molecule has 1 aromatic rings. The van der Waals surface area contributed by atoms with Crippen LogP contribution in [0.3, 0.4) is 0 Å². The van der Waals surface area contributed by atoms with E-state index < -0.39 is 10.5 Å². The predicted molar refractivity (Wildman–Crippen MR) is 85.4 cm³/mol. The fourth-order valence-corrected chi connectivity index (χ4v) is 2.26. The van der Waals surface area contributed by atoms with Crippen molar-refractivity contribution in [2.24, 2.45) is 0 Å². The maximum atomic E-state index is 12.1. The molecule has 0 bridgehead atoms. The number of hydrogen-bond donors (Lipinski definition) is 0. The standard InChI is InChI=1S/C16H20N2O5/c1-16(2,3)23-15(19)17-8-7-12(10-17)11-5-6-13(18(20)21)14(9-11)22-4/h5-7,9H,8,10H2,1-4H3. The number of rotatable bonds is 3. The van der Waals surface area contributed by atoms with Crippen LogP contribution in [0, 0.1) is 10.1 Å². The topological polar surface area (TPSA) is 81.9 Å². The summed E-state index contributed by atoms with van der Waals surface area (Å²) >= 11 is 0. The maximum absolute atomic E-state index is 12.1. The Morgan fingerprint density at radius 1 is 1.35 bits per heavy atom. The zero-order valence-corrected chi connectivity index (χ0v) is 13.7. The van der Waals surface area contributed by atoms with Gasteiger partial charge < -0.3 is 14.4 Å². The molecule has 0 radical (unpaired) electrons. The molecular formula is C16H20N2O5. The van der Waals surface area contributed by atoms with Crippen LogP contribution in [0.1, 0.15) is 26.3 Å². The molecule has 1 aromatic carbocycles. The van der Waals surface area contributed by atoms with Gasteiger partial charge in [-0.3, -0.25) is 10.1 Å². The highest BCUT2D eigenvalue weighted by Gasteiger charge is 2.26. The second-order valence-electron chi connectivity index (χ2n) is 6.23. The fourth-order valence-electron chi connectivity index (χ4n) is 2.26. The quantitative estimate of drug-likeness (QED) is 0.631. The Labute approximate surface area is 134 Å². The summed E-state index contributed by atoms with van der Waals surface area (Å²) in [6, 6.07) is 4.68. The van der Waals surface area contributed by atoms with Crippen molar-refractivity contribution in [2.45, 2.75) is 26.4 Å². The molecule has 0 atom stereocenters. The van der Waals surface area contributed by atoms with E-state index in [2.05, 4.69) is 0 Å². The number of carbonyl (C=O) groups is 1. The molecule has 0 aliphatic carbocycles. The first-order valence-electron chi connectivity index (χ1n) is 7.21. The number of ether oxygens (including phenoxy) is 2. The minimum Gasteiger partial charge on any atom is -0.490 e. The second kappa shape index (κ2) is 6.28. The van der Waals surface area contributed by atoms with Crippen LogP contribution in [0.25, 0.3) is 5.57 Å². The molecule has 7 nitrogen and oxygen atoms in total. The number of nitro groups is 1. The first-order chi connectivity index (χ1) is 10.7. The van der Waals surface area contributed by atoms with Crippen molar-refractivity contribution in [3.05, 3.63) is 40.0 Å². The van der Waals surface area contributed by atoms with Crippen LogP contribution in [-0.4, -0.2) is 41.7 Å². The minimum absolute atomic E-state index is 0.0844. The molecule has 0 unspecified atom stereocenters. The van der Waals surface area contributed by atoms with E-state index in [9.17, 15) is 14.9 Å². The lowest BCUT2D eigenvalue weighted by Gasteiger charge is -2.24. The Morgan fingerprint density at radius 3 is 2.61 bits per heavy atom. The molecule has 1 aliphatic rings. The van der Waals surface area contributed by atoms with Crippen LogP contribution in [-0.2, 0) is 4.74 Å². The summed E-state index contributed by atoms with van der Waals surface area (Å²) < 4.78 is 10.4. The van der Waals surface area contributed by atoms with Crippen molar-refractivity contribution in [1.29, 1.82) is 0 Å². The first kappa shape index (κ1) is 16.8. The monoisotopic (exact) mass is 320 g/mol. The van der Waals surface area contributed by atoms with Gasteiger partial charge in [-0.25, -0.2) is 4.79 Å². The Hall–Kier alpha value is -2.57. The predicted octanol–water partition coefficient (Wildman–Crippen LogP) is 3.24. The third kappa shape index (κ3) is 4.00. The Balaban J connectivity index is 2.13. The first-order valence-corrected chi connectivity index (χ1v) is 7.21. The van der Waals surface area contributed by atoms with E-state index in [1.165, 1.54) is 13.2 Å². The largest absolute Gasteiger partial charge is 0.490 e. The number of methoxy groups -OCH3 is 1. The molecule has 0 spiro atoms. The summed E-state index contributed by atoms with van der Waals surface area (Å²) in [6.45, 7) is 6.29. The van der Waals surface area contributed by atoms with Gasteiger partial charge in [0, 0.05) is 19.2 Å². The highest BCUT2D eigenvalue weighted by molar-refractivity contribution is 5.78. The van der Waals surface area contributed by atoms with E-state index >= 15 is 0 Å². The third-order valence-electron chi connectivity index (χ3n) is 3.32. The molecule has 0 fully saturated rings. The van der Waals surface area contributed by atoms with E-state index in [4.69, 9.17) is 9.47 Å². The van der Waals surface area contributed by atoms with Gasteiger partial charge in [0.1, 0.15) is 5.60 Å². The lowest BCUT2D eigenvalue weighted by molar-refractivity contribution is -0.385. The van der Waals surface area contributed by atoms with E-state index in [1.54, 1.807) is 17.0 Å². The van der Waals surface area contributed by atoms with Gasteiger partial charge in [-0.05, 0) is 44.0 Å². The molecular weight excluding hydrogens is 300 g/mol. The second-order valence-corrected chi connectivity index (χ2v) is 6.23. The van der Waals surface area contributed by atoms with E-state index in [0.29, 0.717) is 13.1 Å². The van der Waals surface area contributed by atoms with Gasteiger partial charge in [0.05, 0.1) is 12.0 Å². The lowest BCUT2D eigenvalue weighted by Crippen LogP contribution is -2.35. The summed E-state index contributed by atoms with van der Waals surface area (Å²) in [5.41, 5.74) is 1.07. The summed E-state index contributed by atoms with van der Waals surface area (Å²) in [6.07, 6.45) is 1.53. The minimum atomic E-state index is -0.545. The lowest BCUT2D eigenvalue weighted by atomic mass is 10.1. The zero-order chi connectivity index (χ0) is 17.2. The highest BCUT2D eigenvalue weighted by Crippen LogP contribution is 2.32. The van der Waals surface area contributed by atoms with Gasteiger partial charge in [-0.2, -0.15) is 0 Å². The molecule has 0 N–H and O–H groups in total. The van der Waals surface area contributed by atoms with Gasteiger partial charge in [0.2, 0.25) is 0 Å². The summed E-state index contributed by atoms with van der Waals surface area (Å²) in [5.74, 6) is 0.198. The zero-order valence-electron chi connectivity index (χ0n) is 13.7. The molecule has 2 rings (SSSR count). The molecule has 0 saturated heterocycles. The number of nitrogens with zero attached hydrogens (tertiary/aromatic N) is 2. The van der Waals surface area contributed by atoms with Crippen molar-refractivity contribution in [3.8, 4) is 5.75 Å². The number of benzene rings is 1. The van der Waals surface area contributed by atoms with Crippen molar-refractivity contribution < 1.29 is 19.2 Å². The van der Waals surface area contributed by atoms with E-state index in [-0.39, 0.29) is 17.5 Å². The van der Waals surface area contributed by atoms with Gasteiger partial charge >= 0.3 is 11.8 Å². The number of amides is 1. The van der Waals surface area contributed by atoms with E-state index in [0.717, 1.165) is 11.1 Å². The normalized spacial score (nSPS) is 14.4. The molecule has 0 saturated carbocycles. The van der Waals surface area contributed by atoms with Crippen LogP contribution in [0.4, 0.5) is 10.5 Å². The van der Waals surface area contributed by atoms with Gasteiger partial charge in [-0.15, -0.1) is 0 Å². The van der Waals surface area contributed by atoms with Crippen LogP contribution in [0.15, 0.2) is 24.3 Å². The SMILES string of the molecule is COc1cc(C2=CCN(C(=O)OC(C)(C)C)C2)ccc1[N+](=O)[O-]. The van der Waals surface area contributed by atoms with Gasteiger partial charge in [-0.1, -0.05) is 6.08 Å². The Morgan fingerprint density at radius 2 is 2.04 bits per heavy atom. The summed E-state index contributed by atoms with van der Waals surface area (Å²) in [4.78, 5) is 24.1. The molecule has 23 heavy (non-hydrogen) atoms. The maximum Gasteiger partial charge on any atom is 0.410 e. The Kier molecular flexibility index (Phi) is 4.58. The van der Waals surface area contributed by atoms with Crippen molar-refractivity contribution >= 4 is 17.4 Å². The number of carbonyl (C=O) groups excluding carboxylic acids is 1. The van der Waals surface area contributed by atoms with Crippen LogP contribution in [0.2, 0.25) is 0 Å². The molecule has 1 amide bonds. The molecule has 1 aliphatic heterocycles. The average molecular weight is 320 g/mol. The molecule has 124 valence electrons. The van der Waals surface area contributed by atoms with Crippen LogP contribution >= 0.6 is 0 Å². The van der Waals surface area contributed by atoms with Crippen molar-refractivity contribution in [2.75, 3.05) is 20.2 Å². The average Bonchev–Trinajstić information content (AvgIpc) is 2.94. The van der Waals surface area contributed by atoms with Gasteiger partial charge in [0.15, 0.2) is 5.75 Å². The van der Waals surface area contributed by atoms with Crippen LogP contribution in [0.5, 0.6) is 5.75 Å². The summed E-state index contributed by atoms with van der Waals surface area (Å²) in [5, 5.41) is 10.9. The molecule has 0 aromatic heterocycles. The number of nitro benzene ring substituents is 1. The van der Waals surface area contributed by atoms with Crippen molar-refractivity contribution in [3.63, 3.8) is 0 Å². The fraction of sp³-hybridized carbons (Fsp3) is 0.438. The van der Waals surface area contributed by atoms with E-state index in [1.807, 2.05) is 26.8 Å². The van der Waals surface area contributed by atoms with Crippen LogP contribution < -0.4 is 4.74 Å². The van der Waals surface area contributed by atoms with Crippen molar-refractivity contribution in [1.82, 2.24) is 4.90 Å². The molecule has 1 heterocycles. The smallest absolute Gasteiger partial charge is 0.410 e. The highest BCUT2D eigenvalue weighted by atomic mass is 16.6. The molecule has 7 heteroatoms. The number of hydrogen-bond acceptors (Lipinski definition) is 5. The Bertz CT molecular complexity index is 661.